The predicted molar refractivity (Wildman–Crippen MR) is 74.1 cm³/mol. The highest BCUT2D eigenvalue weighted by atomic mass is 79.9. The van der Waals surface area contributed by atoms with Gasteiger partial charge in [0.1, 0.15) is 0 Å². The molecule has 1 aromatic carbocycles. The molecule has 2 unspecified atom stereocenters. The van der Waals surface area contributed by atoms with Crippen molar-refractivity contribution in [2.24, 2.45) is 5.92 Å². The van der Waals surface area contributed by atoms with E-state index >= 15 is 0 Å². The standard InChI is InChI=1S/C14H20BrNO/c1-10(2)16-9-11-7-8-17-14(11)12-5-3-4-6-13(12)15/h3-6,10-11,14,16H,7-9H2,1-2H3. The van der Waals surface area contributed by atoms with Crippen LogP contribution in [0, 0.1) is 5.92 Å². The molecule has 1 aliphatic heterocycles. The molecule has 1 saturated heterocycles. The lowest BCUT2D eigenvalue weighted by molar-refractivity contribution is 0.0895. The van der Waals surface area contributed by atoms with Crippen molar-refractivity contribution >= 4 is 15.9 Å². The maximum atomic E-state index is 5.89. The number of rotatable bonds is 4. The van der Waals surface area contributed by atoms with Crippen LogP contribution in [0.3, 0.4) is 0 Å². The lowest BCUT2D eigenvalue weighted by Gasteiger charge is -2.21. The zero-order valence-corrected chi connectivity index (χ0v) is 12.0. The molecular weight excluding hydrogens is 278 g/mol. The maximum Gasteiger partial charge on any atom is 0.0876 e. The summed E-state index contributed by atoms with van der Waals surface area (Å²) in [5.74, 6) is 0.580. The highest BCUT2D eigenvalue weighted by Gasteiger charge is 2.30. The van der Waals surface area contributed by atoms with Crippen molar-refractivity contribution in [1.82, 2.24) is 5.32 Å². The molecular formula is C14H20BrNO. The van der Waals surface area contributed by atoms with E-state index in [1.165, 1.54) is 5.56 Å². The van der Waals surface area contributed by atoms with Gasteiger partial charge < -0.3 is 10.1 Å². The van der Waals surface area contributed by atoms with E-state index in [0.717, 1.165) is 24.0 Å². The average molecular weight is 298 g/mol. The molecule has 0 bridgehead atoms. The molecule has 1 aliphatic rings. The Morgan fingerprint density at radius 2 is 2.18 bits per heavy atom. The predicted octanol–water partition coefficient (Wildman–Crippen LogP) is 3.52. The van der Waals surface area contributed by atoms with Crippen LogP contribution >= 0.6 is 15.9 Å². The minimum Gasteiger partial charge on any atom is -0.373 e. The molecule has 17 heavy (non-hydrogen) atoms. The normalized spacial score (nSPS) is 24.5. The van der Waals surface area contributed by atoms with Crippen molar-refractivity contribution in [3.8, 4) is 0 Å². The number of benzene rings is 1. The smallest absolute Gasteiger partial charge is 0.0876 e. The van der Waals surface area contributed by atoms with E-state index < -0.39 is 0 Å². The Kier molecular flexibility index (Phi) is 4.60. The van der Waals surface area contributed by atoms with Crippen LogP contribution in [0.2, 0.25) is 0 Å². The number of ether oxygens (including phenoxy) is 1. The fraction of sp³-hybridized carbons (Fsp3) is 0.571. The number of halogens is 1. The summed E-state index contributed by atoms with van der Waals surface area (Å²) in [6, 6.07) is 8.90. The van der Waals surface area contributed by atoms with Gasteiger partial charge in [-0.2, -0.15) is 0 Å². The number of nitrogens with one attached hydrogen (secondary N) is 1. The van der Waals surface area contributed by atoms with E-state index in [1.807, 2.05) is 6.07 Å². The molecule has 0 spiro atoms. The van der Waals surface area contributed by atoms with Crippen LogP contribution in [0.4, 0.5) is 0 Å². The summed E-state index contributed by atoms with van der Waals surface area (Å²) < 4.78 is 7.05. The Morgan fingerprint density at radius 1 is 1.41 bits per heavy atom. The van der Waals surface area contributed by atoms with E-state index in [-0.39, 0.29) is 6.10 Å². The second-order valence-corrected chi connectivity index (χ2v) is 5.78. The average Bonchev–Trinajstić information content (AvgIpc) is 2.75. The Hall–Kier alpha value is -0.380. The second-order valence-electron chi connectivity index (χ2n) is 4.92. The molecule has 1 fully saturated rings. The van der Waals surface area contributed by atoms with Crippen LogP contribution in [0.1, 0.15) is 31.9 Å². The van der Waals surface area contributed by atoms with Crippen molar-refractivity contribution in [1.29, 1.82) is 0 Å². The quantitative estimate of drug-likeness (QED) is 0.918. The molecule has 1 aromatic rings. The van der Waals surface area contributed by atoms with E-state index in [9.17, 15) is 0 Å². The second kappa shape index (κ2) is 5.98. The van der Waals surface area contributed by atoms with Crippen LogP contribution in [0.5, 0.6) is 0 Å². The van der Waals surface area contributed by atoms with Gasteiger partial charge in [-0.3, -0.25) is 0 Å². The van der Waals surface area contributed by atoms with Gasteiger partial charge in [0.15, 0.2) is 0 Å². The first-order chi connectivity index (χ1) is 8.18. The van der Waals surface area contributed by atoms with Crippen LogP contribution in [0.25, 0.3) is 0 Å². The number of hydrogen-bond acceptors (Lipinski definition) is 2. The van der Waals surface area contributed by atoms with Crippen LogP contribution in [0.15, 0.2) is 28.7 Å². The first-order valence-corrected chi connectivity index (χ1v) is 7.07. The van der Waals surface area contributed by atoms with E-state index in [4.69, 9.17) is 4.74 Å². The molecule has 0 saturated carbocycles. The van der Waals surface area contributed by atoms with Crippen LogP contribution < -0.4 is 5.32 Å². The zero-order valence-electron chi connectivity index (χ0n) is 10.4. The summed E-state index contributed by atoms with van der Waals surface area (Å²) in [5, 5.41) is 3.51. The minimum absolute atomic E-state index is 0.233. The number of hydrogen-bond donors (Lipinski definition) is 1. The molecule has 3 heteroatoms. The third-order valence-corrected chi connectivity index (χ3v) is 3.94. The van der Waals surface area contributed by atoms with E-state index in [0.29, 0.717) is 12.0 Å². The highest BCUT2D eigenvalue weighted by Crippen LogP contribution is 2.37. The molecule has 0 amide bonds. The SMILES string of the molecule is CC(C)NCC1CCOC1c1ccccc1Br. The maximum absolute atomic E-state index is 5.89. The van der Waals surface area contributed by atoms with Gasteiger partial charge in [-0.05, 0) is 18.1 Å². The summed E-state index contributed by atoms with van der Waals surface area (Å²) in [6.45, 7) is 6.27. The molecule has 94 valence electrons. The van der Waals surface area contributed by atoms with Crippen LogP contribution in [-0.2, 0) is 4.74 Å². The molecule has 0 radical (unpaired) electrons. The summed E-state index contributed by atoms with van der Waals surface area (Å²) in [6.07, 6.45) is 1.38. The Bertz CT molecular complexity index is 367. The van der Waals surface area contributed by atoms with Gasteiger partial charge in [-0.15, -0.1) is 0 Å². The Morgan fingerprint density at radius 3 is 2.88 bits per heavy atom. The first kappa shape index (κ1) is 13.1. The van der Waals surface area contributed by atoms with Gasteiger partial charge in [-0.25, -0.2) is 0 Å². The molecule has 0 aromatic heterocycles. The Balaban J connectivity index is 2.07. The van der Waals surface area contributed by atoms with Crippen molar-refractivity contribution in [3.05, 3.63) is 34.3 Å². The third-order valence-electron chi connectivity index (χ3n) is 3.21. The summed E-state index contributed by atoms with van der Waals surface area (Å²) >= 11 is 3.61. The van der Waals surface area contributed by atoms with Gasteiger partial charge in [0.2, 0.25) is 0 Å². The molecule has 2 nitrogen and oxygen atoms in total. The van der Waals surface area contributed by atoms with Crippen molar-refractivity contribution in [2.75, 3.05) is 13.2 Å². The topological polar surface area (TPSA) is 21.3 Å². The third kappa shape index (κ3) is 3.30. The van der Waals surface area contributed by atoms with Gasteiger partial charge in [0, 0.05) is 29.6 Å². The van der Waals surface area contributed by atoms with E-state index in [1.54, 1.807) is 0 Å². The largest absolute Gasteiger partial charge is 0.373 e. The zero-order chi connectivity index (χ0) is 12.3. The van der Waals surface area contributed by atoms with Crippen molar-refractivity contribution in [2.45, 2.75) is 32.4 Å². The molecule has 2 rings (SSSR count). The fourth-order valence-electron chi connectivity index (χ4n) is 2.28. The summed E-state index contributed by atoms with van der Waals surface area (Å²) in [7, 11) is 0. The minimum atomic E-state index is 0.233. The fourth-order valence-corrected chi connectivity index (χ4v) is 2.79. The van der Waals surface area contributed by atoms with E-state index in [2.05, 4.69) is 53.3 Å². The van der Waals surface area contributed by atoms with Gasteiger partial charge >= 0.3 is 0 Å². The van der Waals surface area contributed by atoms with Gasteiger partial charge in [0.05, 0.1) is 6.10 Å². The first-order valence-electron chi connectivity index (χ1n) is 6.28. The Labute approximate surface area is 112 Å². The highest BCUT2D eigenvalue weighted by molar-refractivity contribution is 9.10. The van der Waals surface area contributed by atoms with Gasteiger partial charge in [-0.1, -0.05) is 48.0 Å². The monoisotopic (exact) mass is 297 g/mol. The molecule has 1 heterocycles. The van der Waals surface area contributed by atoms with Gasteiger partial charge in [0.25, 0.3) is 0 Å². The summed E-state index contributed by atoms with van der Waals surface area (Å²) in [4.78, 5) is 0. The molecule has 1 N–H and O–H groups in total. The van der Waals surface area contributed by atoms with Crippen LogP contribution in [-0.4, -0.2) is 19.2 Å². The lowest BCUT2D eigenvalue weighted by Crippen LogP contribution is -2.30. The molecule has 2 atom stereocenters. The molecule has 0 aliphatic carbocycles. The van der Waals surface area contributed by atoms with Crippen molar-refractivity contribution < 1.29 is 4.74 Å². The van der Waals surface area contributed by atoms with Crippen molar-refractivity contribution in [3.63, 3.8) is 0 Å². The summed E-state index contributed by atoms with van der Waals surface area (Å²) in [5.41, 5.74) is 1.28. The lowest BCUT2D eigenvalue weighted by atomic mass is 9.95.